The van der Waals surface area contributed by atoms with Gasteiger partial charge in [-0.3, -0.25) is 9.59 Å². The number of carbonyl (C=O) groups is 2. The lowest BCUT2D eigenvalue weighted by molar-refractivity contribution is -0.137. The normalized spacial score (nSPS) is 12.1. The molecule has 0 fully saturated rings. The van der Waals surface area contributed by atoms with Gasteiger partial charge in [0.2, 0.25) is 0 Å². The number of pyridine rings is 2. The number of hydrogen-bond acceptors (Lipinski definition) is 9. The van der Waals surface area contributed by atoms with Gasteiger partial charge in [-0.25, -0.2) is 29.3 Å². The number of carbonyl (C=O) groups excluding carboxylic acids is 2. The Hall–Kier alpha value is -4.24. The fraction of sp³-hybridized carbons (Fsp3) is 0.136. The summed E-state index contributed by atoms with van der Waals surface area (Å²) in [4.78, 5) is 44.9. The summed E-state index contributed by atoms with van der Waals surface area (Å²) in [6.45, 7) is 1.62. The molecule has 4 aromatic heterocycles. The Morgan fingerprint density at radius 3 is 2.42 bits per heavy atom. The molecule has 0 radical (unpaired) electrons. The Kier molecular flexibility index (Phi) is 7.78. The van der Waals surface area contributed by atoms with Gasteiger partial charge in [0, 0.05) is 12.3 Å². The molecule has 4 rings (SSSR count). The van der Waals surface area contributed by atoms with Crippen molar-refractivity contribution in [1.29, 1.82) is 0 Å². The number of alkyl halides is 3. The Morgan fingerprint density at radius 2 is 1.71 bits per heavy atom. The van der Waals surface area contributed by atoms with Gasteiger partial charge in [0.15, 0.2) is 0 Å². The summed E-state index contributed by atoms with van der Waals surface area (Å²) in [6, 6.07) is 3.95. The second-order valence-corrected chi connectivity index (χ2v) is 9.00. The van der Waals surface area contributed by atoms with Gasteiger partial charge in [0.1, 0.15) is 45.2 Å². The first-order valence-corrected chi connectivity index (χ1v) is 11.7. The number of amides is 2. The molecule has 0 aliphatic carbocycles. The van der Waals surface area contributed by atoms with Crippen LogP contribution in [0.25, 0.3) is 0 Å². The zero-order valence-corrected chi connectivity index (χ0v) is 20.6. The molecule has 0 spiro atoms. The minimum absolute atomic E-state index is 0.0141. The van der Waals surface area contributed by atoms with Gasteiger partial charge >= 0.3 is 6.18 Å². The first kappa shape index (κ1) is 26.8. The van der Waals surface area contributed by atoms with E-state index in [2.05, 4.69) is 40.9 Å². The maximum atomic E-state index is 13.0. The number of halogens is 5. The summed E-state index contributed by atoms with van der Waals surface area (Å²) < 4.78 is 52.2. The van der Waals surface area contributed by atoms with Crippen molar-refractivity contribution in [2.24, 2.45) is 0 Å². The molecule has 0 saturated heterocycles. The number of aromatic nitrogens is 5. The lowest BCUT2D eigenvalue weighted by Crippen LogP contribution is -2.27. The monoisotopic (exact) mass is 566 g/mol. The summed E-state index contributed by atoms with van der Waals surface area (Å²) in [5.41, 5.74) is -1.12. The average Bonchev–Trinajstić information content (AvgIpc) is 3.37. The van der Waals surface area contributed by atoms with E-state index < -0.39 is 40.4 Å². The molecule has 0 aliphatic heterocycles. The Morgan fingerprint density at radius 1 is 0.947 bits per heavy atom. The van der Waals surface area contributed by atoms with Crippen LogP contribution in [0.3, 0.4) is 0 Å². The van der Waals surface area contributed by atoms with Gasteiger partial charge in [-0.15, -0.1) is 11.3 Å². The summed E-state index contributed by atoms with van der Waals surface area (Å²) in [7, 11) is 0. The third-order valence-corrected chi connectivity index (χ3v) is 6.23. The highest BCUT2D eigenvalue weighted by Crippen LogP contribution is 2.35. The predicted octanol–water partition coefficient (Wildman–Crippen LogP) is 5.02. The standard InChI is InChI=1S/C22H15ClF4N8O2S/c1-10(33-19(36)14-5-18(32-9-31-14)34-16-3-2-11(24)6-28-16)21-30-8-15(38-21)20(37)35-17-4-12(22(25,26)27)13(23)7-29-17/h2-10H,1H3,(H,33,36)(H,29,35,37)(H,28,31,32,34). The van der Waals surface area contributed by atoms with Gasteiger partial charge in [-0.05, 0) is 25.1 Å². The molecule has 1 atom stereocenters. The highest BCUT2D eigenvalue weighted by atomic mass is 35.5. The molecule has 0 saturated carbocycles. The topological polar surface area (TPSA) is 135 Å². The minimum Gasteiger partial charge on any atom is -0.342 e. The first-order valence-electron chi connectivity index (χ1n) is 10.5. The summed E-state index contributed by atoms with van der Waals surface area (Å²) in [5, 5.41) is 7.53. The molecule has 2 amide bonds. The van der Waals surface area contributed by atoms with E-state index in [9.17, 15) is 27.2 Å². The molecule has 4 heterocycles. The van der Waals surface area contributed by atoms with Crippen molar-refractivity contribution in [3.05, 3.63) is 81.2 Å². The highest BCUT2D eigenvalue weighted by molar-refractivity contribution is 7.13. The van der Waals surface area contributed by atoms with Crippen molar-refractivity contribution in [3.63, 3.8) is 0 Å². The molecule has 0 bridgehead atoms. The van der Waals surface area contributed by atoms with Crippen molar-refractivity contribution in [2.75, 3.05) is 10.6 Å². The molecule has 38 heavy (non-hydrogen) atoms. The van der Waals surface area contributed by atoms with E-state index >= 15 is 0 Å². The van der Waals surface area contributed by atoms with Crippen LogP contribution in [0.1, 0.15) is 43.7 Å². The molecule has 3 N–H and O–H groups in total. The van der Waals surface area contributed by atoms with E-state index in [1.54, 1.807) is 6.92 Å². The van der Waals surface area contributed by atoms with E-state index in [0.717, 1.165) is 30.1 Å². The smallest absolute Gasteiger partial charge is 0.342 e. The Bertz CT molecular complexity index is 1480. The highest BCUT2D eigenvalue weighted by Gasteiger charge is 2.34. The third kappa shape index (κ3) is 6.54. The second kappa shape index (κ2) is 11.0. The van der Waals surface area contributed by atoms with Crippen LogP contribution in [0.15, 0.2) is 49.2 Å². The third-order valence-electron chi connectivity index (χ3n) is 4.75. The fourth-order valence-corrected chi connectivity index (χ4v) is 3.98. The molecule has 196 valence electrons. The first-order chi connectivity index (χ1) is 18.0. The molecule has 0 aliphatic rings. The quantitative estimate of drug-likeness (QED) is 0.265. The lowest BCUT2D eigenvalue weighted by Gasteiger charge is -2.11. The summed E-state index contributed by atoms with van der Waals surface area (Å²) in [5.74, 6) is -1.60. The number of nitrogens with one attached hydrogen (secondary N) is 3. The van der Waals surface area contributed by atoms with Crippen molar-refractivity contribution in [3.8, 4) is 0 Å². The van der Waals surface area contributed by atoms with Gasteiger partial charge in [-0.1, -0.05) is 11.6 Å². The van der Waals surface area contributed by atoms with Crippen LogP contribution < -0.4 is 16.0 Å². The molecule has 0 aromatic carbocycles. The van der Waals surface area contributed by atoms with Crippen LogP contribution in [0.2, 0.25) is 5.02 Å². The van der Waals surface area contributed by atoms with Crippen molar-refractivity contribution < 1.29 is 27.2 Å². The van der Waals surface area contributed by atoms with Gasteiger partial charge in [0.25, 0.3) is 11.8 Å². The summed E-state index contributed by atoms with van der Waals surface area (Å²) >= 11 is 6.47. The average molecular weight is 567 g/mol. The Balaban J connectivity index is 1.39. The molecule has 10 nitrogen and oxygen atoms in total. The van der Waals surface area contributed by atoms with Crippen LogP contribution >= 0.6 is 22.9 Å². The van der Waals surface area contributed by atoms with Crippen molar-refractivity contribution in [2.45, 2.75) is 19.1 Å². The van der Waals surface area contributed by atoms with E-state index in [0.29, 0.717) is 16.9 Å². The predicted molar refractivity (Wildman–Crippen MR) is 130 cm³/mol. The molecular weight excluding hydrogens is 552 g/mol. The van der Waals surface area contributed by atoms with Crippen LogP contribution in [0, 0.1) is 5.82 Å². The van der Waals surface area contributed by atoms with Crippen LogP contribution in [0.5, 0.6) is 0 Å². The lowest BCUT2D eigenvalue weighted by atomic mass is 10.2. The molecule has 16 heteroatoms. The maximum Gasteiger partial charge on any atom is 0.418 e. The van der Waals surface area contributed by atoms with E-state index in [-0.39, 0.29) is 22.2 Å². The van der Waals surface area contributed by atoms with E-state index in [1.165, 1.54) is 24.4 Å². The molecule has 4 aromatic rings. The number of rotatable bonds is 7. The zero-order chi connectivity index (χ0) is 27.4. The second-order valence-electron chi connectivity index (χ2n) is 7.53. The Labute approximate surface area is 220 Å². The number of thiazole rings is 1. The van der Waals surface area contributed by atoms with Gasteiger partial charge in [-0.2, -0.15) is 13.2 Å². The zero-order valence-electron chi connectivity index (χ0n) is 19.0. The van der Waals surface area contributed by atoms with Gasteiger partial charge < -0.3 is 16.0 Å². The molecule has 1 unspecified atom stereocenters. The maximum absolute atomic E-state index is 13.0. The number of hydrogen-bond donors (Lipinski definition) is 3. The van der Waals surface area contributed by atoms with E-state index in [1.807, 2.05) is 0 Å². The largest absolute Gasteiger partial charge is 0.418 e. The number of nitrogens with zero attached hydrogens (tertiary/aromatic N) is 5. The van der Waals surface area contributed by atoms with Crippen LogP contribution in [-0.4, -0.2) is 36.7 Å². The van der Waals surface area contributed by atoms with Gasteiger partial charge in [0.05, 0.1) is 29.0 Å². The molecular formula is C22H15ClF4N8O2S. The summed E-state index contributed by atoms with van der Waals surface area (Å²) in [6.07, 6.45) is -0.524. The van der Waals surface area contributed by atoms with Crippen LogP contribution in [-0.2, 0) is 6.18 Å². The minimum atomic E-state index is -4.72. The number of anilines is 3. The SMILES string of the molecule is CC(NC(=O)c1cc(Nc2ccc(F)cn2)ncn1)c1ncc(C(=O)Nc2cc(C(F)(F)F)c(Cl)cn2)s1. The van der Waals surface area contributed by atoms with Crippen molar-refractivity contribution in [1.82, 2.24) is 30.2 Å². The van der Waals surface area contributed by atoms with E-state index in [4.69, 9.17) is 11.6 Å². The van der Waals surface area contributed by atoms with Crippen molar-refractivity contribution >= 4 is 52.2 Å². The fourth-order valence-electron chi connectivity index (χ4n) is 2.96. The van der Waals surface area contributed by atoms with Crippen LogP contribution in [0.4, 0.5) is 35.0 Å².